The minimum atomic E-state index is -0.588. The van der Waals surface area contributed by atoms with Crippen LogP contribution < -0.4 is 11.2 Å². The van der Waals surface area contributed by atoms with Crippen LogP contribution in [0.2, 0.25) is 0 Å². The second-order valence-corrected chi connectivity index (χ2v) is 4.01. The number of hydrogen-bond donors (Lipinski definition) is 2. The van der Waals surface area contributed by atoms with E-state index >= 15 is 0 Å². The molecule has 1 aliphatic rings. The van der Waals surface area contributed by atoms with Crippen LogP contribution in [0.5, 0.6) is 5.88 Å². The van der Waals surface area contributed by atoms with Gasteiger partial charge in [-0.1, -0.05) is 0 Å². The van der Waals surface area contributed by atoms with Gasteiger partial charge in [0.15, 0.2) is 0 Å². The number of rotatable bonds is 1. The van der Waals surface area contributed by atoms with Crippen molar-refractivity contribution in [2.24, 2.45) is 0 Å². The van der Waals surface area contributed by atoms with Crippen molar-refractivity contribution in [1.82, 2.24) is 9.55 Å². The van der Waals surface area contributed by atoms with Crippen molar-refractivity contribution < 1.29 is 9.84 Å². The van der Waals surface area contributed by atoms with Gasteiger partial charge in [-0.2, -0.15) is 0 Å². The van der Waals surface area contributed by atoms with Crippen LogP contribution >= 0.6 is 0 Å². The second kappa shape index (κ2) is 3.79. The number of nitrogens with zero attached hydrogens (tertiary/aromatic N) is 1. The largest absolute Gasteiger partial charge is 0.494 e. The van der Waals surface area contributed by atoms with Gasteiger partial charge in [-0.25, -0.2) is 4.79 Å². The lowest BCUT2D eigenvalue weighted by Crippen LogP contribution is -2.35. The van der Waals surface area contributed by atoms with Crippen LogP contribution in [0.3, 0.4) is 0 Å². The molecule has 1 aromatic rings. The first-order chi connectivity index (χ1) is 7.52. The Labute approximate surface area is 91.5 Å². The first-order valence-electron chi connectivity index (χ1n) is 5.18. The number of aromatic hydroxyl groups is 1. The molecule has 2 rings (SSSR count). The van der Waals surface area contributed by atoms with Crippen molar-refractivity contribution in [2.45, 2.75) is 32.4 Å². The number of aromatic amines is 1. The van der Waals surface area contributed by atoms with E-state index in [0.717, 1.165) is 0 Å². The maximum Gasteiger partial charge on any atom is 0.331 e. The van der Waals surface area contributed by atoms with E-state index in [1.807, 2.05) is 6.92 Å². The van der Waals surface area contributed by atoms with Gasteiger partial charge in [-0.05, 0) is 20.3 Å². The molecule has 0 spiro atoms. The number of aromatic nitrogens is 2. The third kappa shape index (κ3) is 1.55. The third-order valence-electron chi connectivity index (χ3n) is 3.01. The summed E-state index contributed by atoms with van der Waals surface area (Å²) in [6, 6.07) is -0.219. The average molecular weight is 226 g/mol. The summed E-state index contributed by atoms with van der Waals surface area (Å²) in [7, 11) is 0. The zero-order chi connectivity index (χ0) is 11.9. The highest BCUT2D eigenvalue weighted by Gasteiger charge is 2.29. The van der Waals surface area contributed by atoms with E-state index in [2.05, 4.69) is 4.98 Å². The summed E-state index contributed by atoms with van der Waals surface area (Å²) in [6.07, 6.45) is 0.508. The molecule has 2 unspecified atom stereocenters. The van der Waals surface area contributed by atoms with E-state index in [-0.39, 0.29) is 23.6 Å². The minimum absolute atomic E-state index is 0.145. The Morgan fingerprint density at radius 3 is 2.75 bits per heavy atom. The molecular weight excluding hydrogens is 212 g/mol. The molecule has 6 heteroatoms. The third-order valence-corrected chi connectivity index (χ3v) is 3.01. The lowest BCUT2D eigenvalue weighted by atomic mass is 10.1. The zero-order valence-corrected chi connectivity index (χ0v) is 9.19. The van der Waals surface area contributed by atoms with E-state index in [1.54, 1.807) is 0 Å². The summed E-state index contributed by atoms with van der Waals surface area (Å²) < 4.78 is 6.54. The monoisotopic (exact) mass is 226 g/mol. The molecule has 1 fully saturated rings. The van der Waals surface area contributed by atoms with Crippen LogP contribution in [0.1, 0.15) is 24.9 Å². The highest BCUT2D eigenvalue weighted by molar-refractivity contribution is 5.21. The fourth-order valence-corrected chi connectivity index (χ4v) is 2.00. The zero-order valence-electron chi connectivity index (χ0n) is 9.19. The molecule has 1 aromatic heterocycles. The molecule has 2 atom stereocenters. The van der Waals surface area contributed by atoms with Crippen molar-refractivity contribution in [1.29, 1.82) is 0 Å². The van der Waals surface area contributed by atoms with E-state index in [0.29, 0.717) is 13.0 Å². The molecular formula is C10H14N2O4. The van der Waals surface area contributed by atoms with Crippen molar-refractivity contribution in [3.63, 3.8) is 0 Å². The summed E-state index contributed by atoms with van der Waals surface area (Å²) in [6.45, 7) is 3.87. The Morgan fingerprint density at radius 2 is 2.19 bits per heavy atom. The van der Waals surface area contributed by atoms with Crippen LogP contribution in [-0.2, 0) is 4.74 Å². The quantitative estimate of drug-likeness (QED) is 0.700. The number of hydrogen-bond acceptors (Lipinski definition) is 4. The van der Waals surface area contributed by atoms with E-state index in [1.165, 1.54) is 11.5 Å². The molecule has 2 N–H and O–H groups in total. The summed E-state index contributed by atoms with van der Waals surface area (Å²) in [5.74, 6) is -0.267. The van der Waals surface area contributed by atoms with Gasteiger partial charge in [-0.15, -0.1) is 0 Å². The van der Waals surface area contributed by atoms with Gasteiger partial charge in [0.05, 0.1) is 17.7 Å². The number of nitrogens with one attached hydrogen (secondary N) is 1. The van der Waals surface area contributed by atoms with Gasteiger partial charge >= 0.3 is 5.69 Å². The SMILES string of the molecule is Cc1c(O)n(C2CCOC2C)c(=O)[nH]c1=O. The predicted molar refractivity (Wildman–Crippen MR) is 56.8 cm³/mol. The maximum absolute atomic E-state index is 11.6. The lowest BCUT2D eigenvalue weighted by molar-refractivity contribution is 0.104. The fourth-order valence-electron chi connectivity index (χ4n) is 2.00. The molecule has 2 heterocycles. The highest BCUT2D eigenvalue weighted by Crippen LogP contribution is 2.27. The topological polar surface area (TPSA) is 84.3 Å². The summed E-state index contributed by atoms with van der Waals surface area (Å²) >= 11 is 0. The van der Waals surface area contributed by atoms with Crippen molar-refractivity contribution in [2.75, 3.05) is 6.61 Å². The molecule has 0 aliphatic carbocycles. The second-order valence-electron chi connectivity index (χ2n) is 4.01. The maximum atomic E-state index is 11.6. The predicted octanol–water partition coefficient (Wildman–Crippen LogP) is -0.0995. The highest BCUT2D eigenvalue weighted by atomic mass is 16.5. The summed E-state index contributed by atoms with van der Waals surface area (Å²) in [5.41, 5.74) is -0.987. The van der Waals surface area contributed by atoms with E-state index in [4.69, 9.17) is 4.74 Å². The molecule has 0 saturated carbocycles. The van der Waals surface area contributed by atoms with Gasteiger partial charge in [0, 0.05) is 6.61 Å². The normalized spacial score (nSPS) is 24.9. The lowest BCUT2D eigenvalue weighted by Gasteiger charge is -2.18. The molecule has 0 amide bonds. The number of H-pyrrole nitrogens is 1. The molecule has 1 aliphatic heterocycles. The van der Waals surface area contributed by atoms with Gasteiger partial charge < -0.3 is 9.84 Å². The molecule has 6 nitrogen and oxygen atoms in total. The number of ether oxygens (including phenoxy) is 1. The van der Waals surface area contributed by atoms with E-state index in [9.17, 15) is 14.7 Å². The molecule has 0 bridgehead atoms. The summed E-state index contributed by atoms with van der Waals surface area (Å²) in [4.78, 5) is 25.1. The average Bonchev–Trinajstić information content (AvgIpc) is 2.62. The molecule has 16 heavy (non-hydrogen) atoms. The first-order valence-corrected chi connectivity index (χ1v) is 5.18. The van der Waals surface area contributed by atoms with Gasteiger partial charge in [-0.3, -0.25) is 14.3 Å². The molecule has 0 aromatic carbocycles. The Balaban J connectivity index is 2.61. The van der Waals surface area contributed by atoms with Crippen LogP contribution in [0.25, 0.3) is 0 Å². The fraction of sp³-hybridized carbons (Fsp3) is 0.600. The smallest absolute Gasteiger partial charge is 0.331 e. The van der Waals surface area contributed by atoms with Gasteiger partial charge in [0.25, 0.3) is 5.56 Å². The molecule has 88 valence electrons. The first kappa shape index (κ1) is 10.9. The van der Waals surface area contributed by atoms with Crippen LogP contribution in [-0.4, -0.2) is 27.4 Å². The van der Waals surface area contributed by atoms with Crippen LogP contribution in [0.4, 0.5) is 0 Å². The Bertz CT molecular complexity index is 517. The Kier molecular flexibility index (Phi) is 2.59. The standard InChI is InChI=1S/C10H14N2O4/c1-5-8(13)11-10(15)12(9(5)14)7-3-4-16-6(7)2/h6-7,14H,3-4H2,1-2H3,(H,11,13,15). The van der Waals surface area contributed by atoms with Crippen molar-refractivity contribution in [3.05, 3.63) is 26.4 Å². The molecule has 1 saturated heterocycles. The summed E-state index contributed by atoms with van der Waals surface area (Å²) in [5, 5.41) is 9.82. The van der Waals surface area contributed by atoms with Crippen molar-refractivity contribution >= 4 is 0 Å². The Morgan fingerprint density at radius 1 is 1.50 bits per heavy atom. The van der Waals surface area contributed by atoms with Gasteiger partial charge in [0.1, 0.15) is 0 Å². The minimum Gasteiger partial charge on any atom is -0.494 e. The van der Waals surface area contributed by atoms with Crippen molar-refractivity contribution in [3.8, 4) is 5.88 Å². The van der Waals surface area contributed by atoms with E-state index < -0.39 is 11.2 Å². The molecule has 0 radical (unpaired) electrons. The van der Waals surface area contributed by atoms with Gasteiger partial charge in [0.2, 0.25) is 5.88 Å². The Hall–Kier alpha value is -1.56. The van der Waals surface area contributed by atoms with Crippen LogP contribution in [0.15, 0.2) is 9.59 Å². The van der Waals surface area contributed by atoms with Crippen LogP contribution in [0, 0.1) is 6.92 Å².